The number of carbonyl (C=O) groups excluding carboxylic acids is 3. The van der Waals surface area contributed by atoms with Gasteiger partial charge >= 0.3 is 0 Å². The number of imide groups is 1. The first-order chi connectivity index (χ1) is 18.4. The molecule has 0 atom stereocenters. The van der Waals surface area contributed by atoms with Crippen LogP contribution in [0, 0.1) is 3.57 Å². The van der Waals surface area contributed by atoms with Gasteiger partial charge in [0.1, 0.15) is 5.75 Å². The van der Waals surface area contributed by atoms with Crippen LogP contribution in [-0.4, -0.2) is 42.3 Å². The number of ether oxygens (including phenoxy) is 3. The van der Waals surface area contributed by atoms with Crippen LogP contribution in [-0.2, 0) is 16.1 Å². The first-order valence-corrected chi connectivity index (χ1v) is 13.6. The van der Waals surface area contributed by atoms with Crippen molar-refractivity contribution in [1.29, 1.82) is 0 Å². The first-order valence-electron chi connectivity index (χ1n) is 11.7. The molecule has 1 heterocycles. The zero-order valence-electron chi connectivity index (χ0n) is 20.7. The molecule has 1 N–H and O–H groups in total. The van der Waals surface area contributed by atoms with E-state index in [2.05, 4.69) is 27.9 Å². The smallest absolute Gasteiger partial charge is 0.293 e. The van der Waals surface area contributed by atoms with E-state index in [0.29, 0.717) is 40.0 Å². The number of nitrogens with zero attached hydrogens (tertiary/aromatic N) is 1. The molecule has 10 heteroatoms. The normalized spacial score (nSPS) is 14.1. The Morgan fingerprint density at radius 2 is 1.76 bits per heavy atom. The summed E-state index contributed by atoms with van der Waals surface area (Å²) in [7, 11) is 1.49. The number of carbonyl (C=O) groups is 3. The van der Waals surface area contributed by atoms with Gasteiger partial charge in [0.25, 0.3) is 17.1 Å². The van der Waals surface area contributed by atoms with Gasteiger partial charge in [0.2, 0.25) is 0 Å². The second kappa shape index (κ2) is 12.8. The highest BCUT2D eigenvalue weighted by Crippen LogP contribution is 2.35. The van der Waals surface area contributed by atoms with Crippen LogP contribution in [0.2, 0.25) is 0 Å². The SMILES string of the molecule is CCOc1ccccc1NC(=O)COc1ccc(/C=C2\SC(=O)N(Cc3ccc(I)cc3)C2=O)cc1OC. The van der Waals surface area contributed by atoms with Crippen molar-refractivity contribution < 1.29 is 28.6 Å². The summed E-state index contributed by atoms with van der Waals surface area (Å²) in [5.41, 5.74) is 2.09. The lowest BCUT2D eigenvalue weighted by molar-refractivity contribution is -0.123. The van der Waals surface area contributed by atoms with Gasteiger partial charge < -0.3 is 19.5 Å². The standard InChI is InChI=1S/C28H25IN2O6S/c1-3-36-22-7-5-4-6-21(22)30-26(32)17-37-23-13-10-19(14-24(23)35-2)15-25-27(33)31(28(34)38-25)16-18-8-11-20(29)12-9-18/h4-15H,3,16-17H2,1-2H3,(H,30,32)/b25-15-. The van der Waals surface area contributed by atoms with Crippen molar-refractivity contribution in [2.24, 2.45) is 0 Å². The van der Waals surface area contributed by atoms with Crippen LogP contribution in [0.15, 0.2) is 71.6 Å². The van der Waals surface area contributed by atoms with E-state index in [0.717, 1.165) is 20.9 Å². The van der Waals surface area contributed by atoms with Crippen LogP contribution in [0.25, 0.3) is 6.08 Å². The van der Waals surface area contributed by atoms with E-state index in [1.807, 2.05) is 37.3 Å². The van der Waals surface area contributed by atoms with Crippen molar-refractivity contribution in [3.8, 4) is 17.2 Å². The summed E-state index contributed by atoms with van der Waals surface area (Å²) in [6.07, 6.45) is 1.64. The van der Waals surface area contributed by atoms with Crippen LogP contribution in [0.3, 0.4) is 0 Å². The maximum Gasteiger partial charge on any atom is 0.293 e. The van der Waals surface area contributed by atoms with Gasteiger partial charge in [0.15, 0.2) is 18.1 Å². The number of amides is 3. The molecule has 0 aliphatic carbocycles. The largest absolute Gasteiger partial charge is 0.493 e. The summed E-state index contributed by atoms with van der Waals surface area (Å²) in [4.78, 5) is 39.4. The molecule has 3 aromatic rings. The number of anilines is 1. The van der Waals surface area contributed by atoms with Gasteiger partial charge in [-0.05, 0) is 94.9 Å². The zero-order valence-corrected chi connectivity index (χ0v) is 23.7. The quantitative estimate of drug-likeness (QED) is 0.215. The lowest BCUT2D eigenvalue weighted by atomic mass is 10.1. The molecular weight excluding hydrogens is 619 g/mol. The predicted octanol–water partition coefficient (Wildman–Crippen LogP) is 5.95. The summed E-state index contributed by atoms with van der Waals surface area (Å²) < 4.78 is 17.7. The summed E-state index contributed by atoms with van der Waals surface area (Å²) in [6, 6.07) is 19.9. The minimum Gasteiger partial charge on any atom is -0.493 e. The Morgan fingerprint density at radius 3 is 2.50 bits per heavy atom. The van der Waals surface area contributed by atoms with Gasteiger partial charge in [-0.3, -0.25) is 19.3 Å². The van der Waals surface area contributed by atoms with Crippen LogP contribution < -0.4 is 19.5 Å². The van der Waals surface area contributed by atoms with Crippen molar-refractivity contribution in [3.05, 3.63) is 86.3 Å². The highest BCUT2D eigenvalue weighted by molar-refractivity contribution is 14.1. The van der Waals surface area contributed by atoms with Gasteiger partial charge in [-0.2, -0.15) is 0 Å². The van der Waals surface area contributed by atoms with E-state index in [1.165, 1.54) is 12.0 Å². The molecule has 3 aromatic carbocycles. The predicted molar refractivity (Wildman–Crippen MR) is 155 cm³/mol. The lowest BCUT2D eigenvalue weighted by Gasteiger charge is -2.13. The van der Waals surface area contributed by atoms with E-state index in [1.54, 1.807) is 42.5 Å². The van der Waals surface area contributed by atoms with Gasteiger partial charge in [0, 0.05) is 3.57 Å². The highest BCUT2D eigenvalue weighted by Gasteiger charge is 2.35. The van der Waals surface area contributed by atoms with Crippen LogP contribution >= 0.6 is 34.4 Å². The average molecular weight is 644 g/mol. The van der Waals surface area contributed by atoms with E-state index in [4.69, 9.17) is 14.2 Å². The van der Waals surface area contributed by atoms with Gasteiger partial charge in [-0.25, -0.2) is 0 Å². The van der Waals surface area contributed by atoms with Crippen molar-refractivity contribution in [2.75, 3.05) is 25.6 Å². The number of hydrogen-bond acceptors (Lipinski definition) is 7. The Kier molecular flexibility index (Phi) is 9.29. The number of para-hydroxylation sites is 2. The van der Waals surface area contributed by atoms with Crippen LogP contribution in [0.1, 0.15) is 18.1 Å². The molecule has 0 spiro atoms. The lowest BCUT2D eigenvalue weighted by Crippen LogP contribution is -2.27. The minimum atomic E-state index is -0.356. The molecule has 1 aliphatic rings. The molecule has 0 unspecified atom stereocenters. The average Bonchev–Trinajstić information content (AvgIpc) is 3.17. The Bertz CT molecular complexity index is 1380. The summed E-state index contributed by atoms with van der Waals surface area (Å²) in [5, 5.41) is 2.46. The number of benzene rings is 3. The molecule has 0 radical (unpaired) electrons. The molecule has 196 valence electrons. The third-order valence-corrected chi connectivity index (χ3v) is 7.06. The van der Waals surface area contributed by atoms with E-state index >= 15 is 0 Å². The number of thioether (sulfide) groups is 1. The Labute approximate surface area is 238 Å². The van der Waals surface area contributed by atoms with Crippen molar-refractivity contribution >= 4 is 63.2 Å². The summed E-state index contributed by atoms with van der Waals surface area (Å²) in [6.45, 7) is 2.32. The molecule has 0 saturated carbocycles. The molecule has 3 amide bonds. The number of hydrogen-bond donors (Lipinski definition) is 1. The van der Waals surface area contributed by atoms with Crippen molar-refractivity contribution in [3.63, 3.8) is 0 Å². The molecule has 1 saturated heterocycles. The molecule has 0 aromatic heterocycles. The fourth-order valence-electron chi connectivity index (χ4n) is 3.63. The van der Waals surface area contributed by atoms with Crippen molar-refractivity contribution in [1.82, 2.24) is 4.90 Å². The summed E-state index contributed by atoms with van der Waals surface area (Å²) >= 11 is 3.10. The maximum atomic E-state index is 12.9. The van der Waals surface area contributed by atoms with E-state index in [-0.39, 0.29) is 30.2 Å². The van der Waals surface area contributed by atoms with E-state index < -0.39 is 0 Å². The molecule has 0 bridgehead atoms. The monoisotopic (exact) mass is 644 g/mol. The fourth-order valence-corrected chi connectivity index (χ4v) is 4.83. The molecule has 1 aliphatic heterocycles. The second-order valence-electron chi connectivity index (χ2n) is 8.07. The van der Waals surface area contributed by atoms with Gasteiger partial charge in [-0.15, -0.1) is 0 Å². The summed E-state index contributed by atoms with van der Waals surface area (Å²) in [5.74, 6) is 0.629. The molecule has 8 nitrogen and oxygen atoms in total. The minimum absolute atomic E-state index is 0.214. The number of halogens is 1. The van der Waals surface area contributed by atoms with E-state index in [9.17, 15) is 14.4 Å². The third kappa shape index (κ3) is 6.87. The fraction of sp³-hybridized carbons (Fsp3) is 0.179. The number of nitrogens with one attached hydrogen (secondary N) is 1. The van der Waals surface area contributed by atoms with Crippen LogP contribution in [0.4, 0.5) is 10.5 Å². The van der Waals surface area contributed by atoms with Crippen LogP contribution in [0.5, 0.6) is 17.2 Å². The first kappa shape index (κ1) is 27.5. The second-order valence-corrected chi connectivity index (χ2v) is 10.3. The third-order valence-electron chi connectivity index (χ3n) is 5.43. The molecule has 38 heavy (non-hydrogen) atoms. The number of rotatable bonds is 10. The zero-order chi connectivity index (χ0) is 27.1. The Hall–Kier alpha value is -3.51. The molecule has 4 rings (SSSR count). The van der Waals surface area contributed by atoms with Crippen molar-refractivity contribution in [2.45, 2.75) is 13.5 Å². The highest BCUT2D eigenvalue weighted by atomic mass is 127. The number of methoxy groups -OCH3 is 1. The topological polar surface area (TPSA) is 94.2 Å². The maximum absolute atomic E-state index is 12.9. The van der Waals surface area contributed by atoms with Gasteiger partial charge in [0.05, 0.1) is 30.9 Å². The molecule has 1 fully saturated rings. The molecular formula is C28H25IN2O6S. The Balaban J connectivity index is 1.41. The Morgan fingerprint density at radius 1 is 1.00 bits per heavy atom. The van der Waals surface area contributed by atoms with Gasteiger partial charge in [-0.1, -0.05) is 30.3 Å².